The van der Waals surface area contributed by atoms with E-state index in [4.69, 9.17) is 10.5 Å². The number of fused-ring (bicyclic) bond motifs is 2. The van der Waals surface area contributed by atoms with Gasteiger partial charge < -0.3 is 19.6 Å². The van der Waals surface area contributed by atoms with Crippen molar-refractivity contribution in [3.8, 4) is 22.3 Å². The number of rotatable bonds is 6. The number of carbonyl (C=O) groups excluding carboxylic acids is 1. The van der Waals surface area contributed by atoms with Crippen molar-refractivity contribution in [2.24, 2.45) is 14.1 Å². The number of anilines is 1. The highest BCUT2D eigenvalue weighted by atomic mass is 16.5. The van der Waals surface area contributed by atoms with E-state index in [-0.39, 0.29) is 5.97 Å². The van der Waals surface area contributed by atoms with Crippen LogP contribution in [-0.2, 0) is 25.3 Å². The molecule has 8 rings (SSSR count). The molecule has 0 amide bonds. The van der Waals surface area contributed by atoms with Gasteiger partial charge in [0.15, 0.2) is 0 Å². The monoisotopic (exact) mass is 618 g/mol. The molecule has 1 fully saturated rings. The molecule has 1 aliphatic rings. The Kier molecular flexibility index (Phi) is 8.08. The Hall–Kier alpha value is -5.62. The Morgan fingerprint density at radius 2 is 1.36 bits per heavy atom. The van der Waals surface area contributed by atoms with Crippen molar-refractivity contribution in [1.29, 1.82) is 0 Å². The van der Waals surface area contributed by atoms with Crippen LogP contribution in [-0.4, -0.2) is 27.2 Å². The fraction of sp³-hybridized carbons (Fsp3) is 0.171. The van der Waals surface area contributed by atoms with E-state index in [0.29, 0.717) is 17.9 Å². The number of nitrogens with zero attached hydrogens (tertiary/aromatic N) is 3. The number of pyridine rings is 1. The smallest absolute Gasteiger partial charge is 0.339 e. The summed E-state index contributed by atoms with van der Waals surface area (Å²) in [5, 5.41) is 2.37. The molecule has 0 aliphatic heterocycles. The third-order valence-corrected chi connectivity index (χ3v) is 9.01. The average Bonchev–Trinajstić information content (AvgIpc) is 3.80. The molecule has 1 saturated carbocycles. The molecule has 0 radical (unpaired) electrons. The molecule has 6 heteroatoms. The number of methoxy groups -OCH3 is 1. The minimum absolute atomic E-state index is 0.316. The van der Waals surface area contributed by atoms with Crippen LogP contribution in [0.4, 0.5) is 5.69 Å². The molecule has 3 heterocycles. The standard InChI is InChI=1S/C26H24N2O2.C15H14N2/c1-28-11-10-20-12-17(13-22(25(20)28)19-6-4-3-5-7-19)14-24-23(26(29)30-2)15-21(16-27-24)18-8-9-18;1-17-8-7-12-9-13(16)10-14(15(12)17)11-5-3-2-4-6-11/h3-7,10-13,15-16,18H,8-9,14H2,1-2H3;2-10H,16H2,1H3. The van der Waals surface area contributed by atoms with Gasteiger partial charge in [0, 0.05) is 66.7 Å². The number of hydrogen-bond acceptors (Lipinski definition) is 4. The molecule has 0 unspecified atom stereocenters. The number of ether oxygens (including phenoxy) is 1. The summed E-state index contributed by atoms with van der Waals surface area (Å²) in [6, 6.07) is 35.4. The largest absolute Gasteiger partial charge is 0.465 e. The third kappa shape index (κ3) is 6.15. The Bertz CT molecular complexity index is 2210. The van der Waals surface area contributed by atoms with Crippen molar-refractivity contribution >= 4 is 33.5 Å². The van der Waals surface area contributed by atoms with Crippen LogP contribution in [0.3, 0.4) is 0 Å². The summed E-state index contributed by atoms with van der Waals surface area (Å²) in [7, 11) is 5.56. The Morgan fingerprint density at radius 3 is 1.94 bits per heavy atom. The lowest BCUT2D eigenvalue weighted by Crippen LogP contribution is -2.09. The highest BCUT2D eigenvalue weighted by Crippen LogP contribution is 2.40. The van der Waals surface area contributed by atoms with E-state index in [1.807, 2.05) is 48.7 Å². The van der Waals surface area contributed by atoms with E-state index in [2.05, 4.69) is 101 Å². The van der Waals surface area contributed by atoms with Crippen LogP contribution in [0.25, 0.3) is 44.1 Å². The highest BCUT2D eigenvalue weighted by Gasteiger charge is 2.26. The quantitative estimate of drug-likeness (QED) is 0.149. The molecule has 6 nitrogen and oxygen atoms in total. The van der Waals surface area contributed by atoms with Crippen molar-refractivity contribution in [3.05, 3.63) is 144 Å². The second kappa shape index (κ2) is 12.6. The van der Waals surface area contributed by atoms with Crippen molar-refractivity contribution in [1.82, 2.24) is 14.1 Å². The first-order valence-corrected chi connectivity index (χ1v) is 16.0. The number of esters is 1. The van der Waals surface area contributed by atoms with Gasteiger partial charge in [-0.05, 0) is 83.5 Å². The van der Waals surface area contributed by atoms with E-state index >= 15 is 0 Å². The lowest BCUT2D eigenvalue weighted by atomic mass is 9.96. The zero-order chi connectivity index (χ0) is 32.5. The molecule has 234 valence electrons. The van der Waals surface area contributed by atoms with Crippen LogP contribution in [0.5, 0.6) is 0 Å². The van der Waals surface area contributed by atoms with Gasteiger partial charge in [-0.1, -0.05) is 60.7 Å². The first kappa shape index (κ1) is 30.1. The second-order valence-electron chi connectivity index (χ2n) is 12.4. The first-order valence-electron chi connectivity index (χ1n) is 16.0. The molecule has 47 heavy (non-hydrogen) atoms. The average molecular weight is 619 g/mol. The fourth-order valence-electron chi connectivity index (χ4n) is 6.52. The van der Waals surface area contributed by atoms with E-state index in [1.165, 1.54) is 64.0 Å². The summed E-state index contributed by atoms with van der Waals surface area (Å²) in [6.07, 6.45) is 9.01. The van der Waals surface area contributed by atoms with Gasteiger partial charge in [0.2, 0.25) is 0 Å². The zero-order valence-corrected chi connectivity index (χ0v) is 27.0. The number of benzene rings is 4. The van der Waals surface area contributed by atoms with Gasteiger partial charge in [0.25, 0.3) is 0 Å². The van der Waals surface area contributed by atoms with Gasteiger partial charge in [-0.3, -0.25) is 4.98 Å². The number of carbonyl (C=O) groups is 1. The molecule has 0 atom stereocenters. The third-order valence-electron chi connectivity index (χ3n) is 9.01. The van der Waals surface area contributed by atoms with Gasteiger partial charge in [-0.25, -0.2) is 4.79 Å². The summed E-state index contributed by atoms with van der Waals surface area (Å²) in [6.45, 7) is 0. The van der Waals surface area contributed by atoms with Crippen molar-refractivity contribution < 1.29 is 9.53 Å². The first-order chi connectivity index (χ1) is 22.9. The normalized spacial score (nSPS) is 12.6. The molecule has 0 bridgehead atoms. The van der Waals surface area contributed by atoms with Gasteiger partial charge in [-0.15, -0.1) is 0 Å². The molecular formula is C41H38N4O2. The predicted molar refractivity (Wildman–Crippen MR) is 191 cm³/mol. The second-order valence-corrected chi connectivity index (χ2v) is 12.4. The van der Waals surface area contributed by atoms with Gasteiger partial charge in [-0.2, -0.15) is 0 Å². The maximum absolute atomic E-state index is 12.5. The molecule has 2 N–H and O–H groups in total. The molecule has 1 aliphatic carbocycles. The fourth-order valence-corrected chi connectivity index (χ4v) is 6.52. The number of nitrogen functional groups attached to an aromatic ring is 1. The molecule has 3 aromatic heterocycles. The zero-order valence-electron chi connectivity index (χ0n) is 27.0. The summed E-state index contributed by atoms with van der Waals surface area (Å²) in [4.78, 5) is 17.1. The molecule has 0 spiro atoms. The Labute approximate surface area is 275 Å². The minimum atomic E-state index is -0.316. The molecule has 7 aromatic rings. The summed E-state index contributed by atoms with van der Waals surface area (Å²) in [5.41, 5.74) is 17.6. The number of aromatic nitrogens is 3. The summed E-state index contributed by atoms with van der Waals surface area (Å²) in [5.74, 6) is 0.226. The number of aryl methyl sites for hydroxylation is 2. The van der Waals surface area contributed by atoms with Crippen LogP contribution >= 0.6 is 0 Å². The maximum atomic E-state index is 12.5. The van der Waals surface area contributed by atoms with E-state index in [1.54, 1.807) is 0 Å². The lowest BCUT2D eigenvalue weighted by molar-refractivity contribution is 0.0599. The van der Waals surface area contributed by atoms with Crippen LogP contribution in [0.1, 0.15) is 45.9 Å². The molecule has 0 saturated heterocycles. The molecular weight excluding hydrogens is 580 g/mol. The van der Waals surface area contributed by atoms with E-state index in [9.17, 15) is 4.79 Å². The number of hydrogen-bond donors (Lipinski definition) is 1. The van der Waals surface area contributed by atoms with Crippen LogP contribution in [0, 0.1) is 0 Å². The summed E-state index contributed by atoms with van der Waals surface area (Å²) >= 11 is 0. The lowest BCUT2D eigenvalue weighted by Gasteiger charge is -2.12. The minimum Gasteiger partial charge on any atom is -0.465 e. The Balaban J connectivity index is 0.000000174. The van der Waals surface area contributed by atoms with Crippen molar-refractivity contribution in [2.45, 2.75) is 25.2 Å². The van der Waals surface area contributed by atoms with Crippen LogP contribution in [0.15, 0.2) is 122 Å². The van der Waals surface area contributed by atoms with Crippen molar-refractivity contribution in [2.75, 3.05) is 12.8 Å². The van der Waals surface area contributed by atoms with E-state index < -0.39 is 0 Å². The number of nitrogens with two attached hydrogens (primary N) is 1. The van der Waals surface area contributed by atoms with Gasteiger partial charge in [0.1, 0.15) is 0 Å². The Morgan fingerprint density at radius 1 is 0.787 bits per heavy atom. The maximum Gasteiger partial charge on any atom is 0.339 e. The predicted octanol–water partition coefficient (Wildman–Crippen LogP) is 8.92. The molecule has 4 aromatic carbocycles. The van der Waals surface area contributed by atoms with Gasteiger partial charge >= 0.3 is 5.97 Å². The van der Waals surface area contributed by atoms with Gasteiger partial charge in [0.05, 0.1) is 29.4 Å². The van der Waals surface area contributed by atoms with Crippen molar-refractivity contribution in [3.63, 3.8) is 0 Å². The highest BCUT2D eigenvalue weighted by molar-refractivity contribution is 5.98. The van der Waals surface area contributed by atoms with E-state index in [0.717, 1.165) is 22.5 Å². The van der Waals surface area contributed by atoms with Crippen LogP contribution in [0.2, 0.25) is 0 Å². The van der Waals surface area contributed by atoms with Crippen LogP contribution < -0.4 is 5.73 Å². The topological polar surface area (TPSA) is 75.1 Å². The SMILES string of the molecule is COC(=O)c1cc(C2CC2)cnc1Cc1cc(-c2ccccc2)c2c(ccn2C)c1.Cn1ccc2cc(N)cc(-c3ccccc3)c21. The summed E-state index contributed by atoms with van der Waals surface area (Å²) < 4.78 is 9.35.